The second-order valence-electron chi connectivity index (χ2n) is 3.53. The van der Waals surface area contributed by atoms with Crippen LogP contribution in [0, 0.1) is 0 Å². The topological polar surface area (TPSA) is 91.0 Å². The van der Waals surface area contributed by atoms with Gasteiger partial charge in [0.1, 0.15) is 12.4 Å². The van der Waals surface area contributed by atoms with E-state index in [9.17, 15) is 18.0 Å². The predicted molar refractivity (Wildman–Crippen MR) is 54.7 cm³/mol. The van der Waals surface area contributed by atoms with E-state index < -0.39 is 24.8 Å². The largest absolute Gasteiger partial charge is 0.409 e. The third kappa shape index (κ3) is 6.48. The number of rotatable bonds is 4. The Morgan fingerprint density at radius 1 is 1.59 bits per heavy atom. The molecule has 0 saturated carbocycles. The lowest BCUT2D eigenvalue weighted by atomic mass is 10.2. The van der Waals surface area contributed by atoms with Crippen LogP contribution < -0.4 is 11.1 Å². The number of nitrogens with one attached hydrogen (secondary N) is 1. The van der Waals surface area contributed by atoms with Crippen LogP contribution in [0.4, 0.5) is 18.0 Å². The molecule has 6 nitrogen and oxygen atoms in total. The number of carbonyl (C=O) groups excluding carboxylic acids is 1. The number of halogens is 3. The molecule has 9 heteroatoms. The number of nitrogens with two attached hydrogens (primary N) is 1. The maximum Gasteiger partial charge on any atom is 0.405 e. The number of amidine groups is 1. The van der Waals surface area contributed by atoms with Crippen molar-refractivity contribution < 1.29 is 23.2 Å². The molecular formula is C8H15F3N4O2. The van der Waals surface area contributed by atoms with Crippen LogP contribution >= 0.6 is 0 Å². The average Bonchev–Trinajstić information content (AvgIpc) is 2.23. The van der Waals surface area contributed by atoms with Gasteiger partial charge in [0, 0.05) is 19.5 Å². The van der Waals surface area contributed by atoms with Gasteiger partial charge in [-0.1, -0.05) is 5.16 Å². The van der Waals surface area contributed by atoms with Crippen molar-refractivity contribution in [3.05, 3.63) is 0 Å². The quantitative estimate of drug-likeness (QED) is 0.299. The van der Waals surface area contributed by atoms with Crippen LogP contribution in [-0.4, -0.2) is 47.8 Å². The van der Waals surface area contributed by atoms with Crippen molar-refractivity contribution in [3.8, 4) is 0 Å². The molecule has 100 valence electrons. The Bertz CT molecular complexity index is 293. The highest BCUT2D eigenvalue weighted by Gasteiger charge is 2.29. The van der Waals surface area contributed by atoms with Crippen molar-refractivity contribution in [1.82, 2.24) is 10.2 Å². The summed E-state index contributed by atoms with van der Waals surface area (Å²) in [4.78, 5) is 12.3. The van der Waals surface area contributed by atoms with Crippen LogP contribution in [0.15, 0.2) is 5.16 Å². The van der Waals surface area contributed by atoms with Crippen LogP contribution in [0.1, 0.15) is 13.3 Å². The van der Waals surface area contributed by atoms with Crippen LogP contribution in [-0.2, 0) is 0 Å². The van der Waals surface area contributed by atoms with Crippen LogP contribution in [0.3, 0.4) is 0 Å². The first kappa shape index (κ1) is 15.3. The van der Waals surface area contributed by atoms with Gasteiger partial charge in [-0.25, -0.2) is 4.79 Å². The van der Waals surface area contributed by atoms with Gasteiger partial charge in [-0.15, -0.1) is 0 Å². The van der Waals surface area contributed by atoms with E-state index >= 15 is 0 Å². The van der Waals surface area contributed by atoms with Gasteiger partial charge in [-0.3, -0.25) is 0 Å². The van der Waals surface area contributed by atoms with Crippen molar-refractivity contribution in [3.63, 3.8) is 0 Å². The third-order valence-corrected chi connectivity index (χ3v) is 2.05. The Labute approximate surface area is 96.2 Å². The molecule has 0 heterocycles. The lowest BCUT2D eigenvalue weighted by Gasteiger charge is -2.25. The van der Waals surface area contributed by atoms with Crippen molar-refractivity contribution >= 4 is 11.9 Å². The Kier molecular flexibility index (Phi) is 5.56. The van der Waals surface area contributed by atoms with Crippen LogP contribution in [0.25, 0.3) is 0 Å². The molecule has 4 N–H and O–H groups in total. The molecule has 1 unspecified atom stereocenters. The maximum absolute atomic E-state index is 11.8. The van der Waals surface area contributed by atoms with E-state index in [1.165, 1.54) is 7.05 Å². The van der Waals surface area contributed by atoms with E-state index in [-0.39, 0.29) is 12.3 Å². The van der Waals surface area contributed by atoms with Crippen LogP contribution in [0.5, 0.6) is 0 Å². The van der Waals surface area contributed by atoms with Gasteiger partial charge < -0.3 is 21.2 Å². The third-order valence-electron chi connectivity index (χ3n) is 2.05. The van der Waals surface area contributed by atoms with Gasteiger partial charge in [-0.05, 0) is 6.92 Å². The number of alkyl halides is 3. The minimum Gasteiger partial charge on any atom is -0.409 e. The lowest BCUT2D eigenvalue weighted by molar-refractivity contribution is -0.123. The number of oxime groups is 1. The molecule has 0 radical (unpaired) electrons. The maximum atomic E-state index is 11.8. The van der Waals surface area contributed by atoms with Crippen molar-refractivity contribution in [2.24, 2.45) is 10.9 Å². The number of hydrogen-bond acceptors (Lipinski definition) is 3. The summed E-state index contributed by atoms with van der Waals surface area (Å²) in [6.45, 7) is 0.164. The normalized spacial score (nSPS) is 14.3. The monoisotopic (exact) mass is 256 g/mol. The van der Waals surface area contributed by atoms with Crippen molar-refractivity contribution in [2.75, 3.05) is 13.6 Å². The molecule has 1 atom stereocenters. The highest BCUT2D eigenvalue weighted by Crippen LogP contribution is 2.12. The molecule has 17 heavy (non-hydrogen) atoms. The number of hydrogen-bond donors (Lipinski definition) is 3. The summed E-state index contributed by atoms with van der Waals surface area (Å²) in [6, 6.07) is -1.36. The van der Waals surface area contributed by atoms with E-state index in [2.05, 4.69) is 5.16 Å². The number of carbonyl (C=O) groups is 1. The summed E-state index contributed by atoms with van der Waals surface area (Å²) in [5.74, 6) is -0.104. The second-order valence-corrected chi connectivity index (χ2v) is 3.53. The fourth-order valence-electron chi connectivity index (χ4n) is 0.981. The van der Waals surface area contributed by atoms with E-state index in [4.69, 9.17) is 10.9 Å². The van der Waals surface area contributed by atoms with Crippen LogP contribution in [0.2, 0.25) is 0 Å². The number of urea groups is 1. The Morgan fingerprint density at radius 2 is 2.12 bits per heavy atom. The Hall–Kier alpha value is -1.67. The second kappa shape index (κ2) is 6.16. The molecule has 0 aliphatic rings. The highest BCUT2D eigenvalue weighted by molar-refractivity contribution is 5.81. The molecule has 0 aromatic heterocycles. The smallest absolute Gasteiger partial charge is 0.405 e. The molecule has 0 saturated heterocycles. The van der Waals surface area contributed by atoms with Crippen molar-refractivity contribution in [1.29, 1.82) is 0 Å². The molecule has 0 spiro atoms. The standard InChI is InChI=1S/C8H15F3N4O2/c1-5(3-6(12)14-17)15(2)7(16)13-4-8(9,10)11/h5,17H,3-4H2,1-2H3,(H2,12,14)(H,13,16). The zero-order chi connectivity index (χ0) is 13.6. The molecule has 0 aliphatic carbocycles. The zero-order valence-corrected chi connectivity index (χ0v) is 9.45. The molecule has 0 aromatic rings. The molecular weight excluding hydrogens is 241 g/mol. The molecule has 0 aromatic carbocycles. The first-order valence-electron chi connectivity index (χ1n) is 4.71. The summed E-state index contributed by atoms with van der Waals surface area (Å²) in [6.07, 6.45) is -4.39. The number of amides is 2. The molecule has 0 aliphatic heterocycles. The van der Waals surface area contributed by atoms with E-state index in [1.807, 2.05) is 0 Å². The average molecular weight is 256 g/mol. The SMILES string of the molecule is CC(CC(N)=NO)N(C)C(=O)NCC(F)(F)F. The Morgan fingerprint density at radius 3 is 2.53 bits per heavy atom. The zero-order valence-electron chi connectivity index (χ0n) is 9.45. The summed E-state index contributed by atoms with van der Waals surface area (Å²) in [5.41, 5.74) is 5.22. The molecule has 0 fully saturated rings. The highest BCUT2D eigenvalue weighted by atomic mass is 19.4. The van der Waals surface area contributed by atoms with Crippen molar-refractivity contribution in [2.45, 2.75) is 25.6 Å². The summed E-state index contributed by atoms with van der Waals surface area (Å²) >= 11 is 0. The number of nitrogens with zero attached hydrogens (tertiary/aromatic N) is 2. The van der Waals surface area contributed by atoms with Gasteiger partial charge in [0.05, 0.1) is 0 Å². The molecule has 0 rings (SSSR count). The first-order valence-corrected chi connectivity index (χ1v) is 4.71. The summed E-state index contributed by atoms with van der Waals surface area (Å²) < 4.78 is 35.5. The van der Waals surface area contributed by atoms with Gasteiger partial charge in [0.25, 0.3) is 0 Å². The fourth-order valence-corrected chi connectivity index (χ4v) is 0.981. The minimum absolute atomic E-state index is 0.0619. The van der Waals surface area contributed by atoms with Gasteiger partial charge in [-0.2, -0.15) is 13.2 Å². The van der Waals surface area contributed by atoms with E-state index in [0.717, 1.165) is 4.90 Å². The Balaban J connectivity index is 4.21. The van der Waals surface area contributed by atoms with E-state index in [0.29, 0.717) is 0 Å². The van der Waals surface area contributed by atoms with Gasteiger partial charge in [0.15, 0.2) is 0 Å². The van der Waals surface area contributed by atoms with E-state index in [1.54, 1.807) is 12.2 Å². The summed E-state index contributed by atoms with van der Waals surface area (Å²) in [7, 11) is 1.32. The minimum atomic E-state index is -4.45. The summed E-state index contributed by atoms with van der Waals surface area (Å²) in [5, 5.41) is 12.7. The molecule has 2 amide bonds. The van der Waals surface area contributed by atoms with Gasteiger partial charge >= 0.3 is 12.2 Å². The molecule has 0 bridgehead atoms. The lowest BCUT2D eigenvalue weighted by Crippen LogP contribution is -2.46. The van der Waals surface area contributed by atoms with Gasteiger partial charge in [0.2, 0.25) is 0 Å². The first-order chi connectivity index (χ1) is 7.67. The predicted octanol–water partition coefficient (Wildman–Crippen LogP) is 0.715. The fraction of sp³-hybridized carbons (Fsp3) is 0.750.